The molecule has 4 aromatic rings. The van der Waals surface area contributed by atoms with Crippen LogP contribution in [0.4, 0.5) is 13.2 Å². The Bertz CT molecular complexity index is 1540. The van der Waals surface area contributed by atoms with E-state index in [0.29, 0.717) is 22.3 Å². The molecule has 0 fully saturated rings. The van der Waals surface area contributed by atoms with Gasteiger partial charge in [-0.25, -0.2) is 13.2 Å². The maximum Gasteiger partial charge on any atom is 0.134 e. The van der Waals surface area contributed by atoms with Crippen molar-refractivity contribution < 1.29 is 13.2 Å². The van der Waals surface area contributed by atoms with Crippen LogP contribution in [0.2, 0.25) is 0 Å². The minimum atomic E-state index is -0.645. The molecule has 0 unspecified atom stereocenters. The van der Waals surface area contributed by atoms with E-state index in [4.69, 9.17) is 0 Å². The van der Waals surface area contributed by atoms with E-state index in [1.807, 2.05) is 33.8 Å². The summed E-state index contributed by atoms with van der Waals surface area (Å²) in [6, 6.07) is 11.4. The Morgan fingerprint density at radius 1 is 0.487 bits per heavy atom. The van der Waals surface area contributed by atoms with Crippen LogP contribution in [0.3, 0.4) is 0 Å². The topological polar surface area (TPSA) is 0 Å². The van der Waals surface area contributed by atoms with Crippen molar-refractivity contribution in [1.29, 1.82) is 0 Å². The monoisotopic (exact) mass is 528 g/mol. The first-order valence-corrected chi connectivity index (χ1v) is 14.0. The third kappa shape index (κ3) is 5.29. The molecule has 0 saturated carbocycles. The molecule has 0 saturated heterocycles. The fourth-order valence-corrected chi connectivity index (χ4v) is 5.99. The van der Waals surface area contributed by atoms with Gasteiger partial charge in [-0.2, -0.15) is 0 Å². The van der Waals surface area contributed by atoms with E-state index >= 15 is 13.2 Å². The summed E-state index contributed by atoms with van der Waals surface area (Å²) in [5, 5.41) is 0. The normalized spacial score (nSPS) is 11.4. The molecule has 0 aromatic heterocycles. The minimum absolute atomic E-state index is 0.0312. The summed E-state index contributed by atoms with van der Waals surface area (Å²) in [6.07, 6.45) is 4.00. The van der Waals surface area contributed by atoms with Gasteiger partial charge in [0.2, 0.25) is 0 Å². The van der Waals surface area contributed by atoms with Crippen LogP contribution in [-0.4, -0.2) is 0 Å². The molecule has 4 aromatic carbocycles. The Morgan fingerprint density at radius 3 is 1.44 bits per heavy atom. The van der Waals surface area contributed by atoms with Gasteiger partial charge in [-0.15, -0.1) is 0 Å². The molecule has 204 valence electrons. The second-order valence-corrected chi connectivity index (χ2v) is 10.9. The highest BCUT2D eigenvalue weighted by Crippen LogP contribution is 2.38. The smallest absolute Gasteiger partial charge is 0.134 e. The quantitative estimate of drug-likeness (QED) is 0.224. The van der Waals surface area contributed by atoms with Crippen LogP contribution in [0.15, 0.2) is 42.5 Å². The number of hydrogen-bond acceptors (Lipinski definition) is 0. The van der Waals surface area contributed by atoms with Gasteiger partial charge < -0.3 is 0 Å². The average molecular weight is 529 g/mol. The second-order valence-electron chi connectivity index (χ2n) is 10.9. The van der Waals surface area contributed by atoms with Crippen molar-refractivity contribution in [2.24, 2.45) is 0 Å². The van der Waals surface area contributed by atoms with E-state index < -0.39 is 17.5 Å². The molecule has 0 N–H and O–H groups in total. The molecular weight excluding hydrogens is 489 g/mol. The van der Waals surface area contributed by atoms with Gasteiger partial charge in [0.15, 0.2) is 0 Å². The highest BCUT2D eigenvalue weighted by molar-refractivity contribution is 5.78. The SMILES string of the molecule is CCCc1c(C)cc(-c2ccc(-c3cc(F)c(-c4cc(C)c(CCC)c(C)c4C)c(F)c3)cc2F)c(C)c1C. The zero-order chi connectivity index (χ0) is 28.6. The molecule has 39 heavy (non-hydrogen) atoms. The minimum Gasteiger partial charge on any atom is -0.206 e. The third-order valence-electron chi connectivity index (χ3n) is 8.42. The lowest BCUT2D eigenvalue weighted by Crippen LogP contribution is -2.02. The van der Waals surface area contributed by atoms with Crippen molar-refractivity contribution in [3.8, 4) is 33.4 Å². The summed E-state index contributed by atoms with van der Waals surface area (Å²) < 4.78 is 46.6. The summed E-state index contributed by atoms with van der Waals surface area (Å²) >= 11 is 0. The van der Waals surface area contributed by atoms with Crippen LogP contribution in [0.1, 0.15) is 71.2 Å². The Hall–Kier alpha value is -3.33. The van der Waals surface area contributed by atoms with Crippen LogP contribution in [0, 0.1) is 59.0 Å². The van der Waals surface area contributed by atoms with Crippen molar-refractivity contribution in [3.63, 3.8) is 0 Å². The van der Waals surface area contributed by atoms with Crippen molar-refractivity contribution in [2.45, 2.75) is 81.1 Å². The van der Waals surface area contributed by atoms with E-state index in [0.717, 1.165) is 59.1 Å². The average Bonchev–Trinajstić information content (AvgIpc) is 2.89. The highest BCUT2D eigenvalue weighted by atomic mass is 19.1. The molecule has 0 heterocycles. The number of benzene rings is 4. The van der Waals surface area contributed by atoms with Gasteiger partial charge in [0, 0.05) is 5.56 Å². The molecule has 0 bridgehead atoms. The number of rotatable bonds is 7. The van der Waals surface area contributed by atoms with Crippen LogP contribution in [0.5, 0.6) is 0 Å². The Balaban J connectivity index is 1.76. The van der Waals surface area contributed by atoms with Gasteiger partial charge in [-0.1, -0.05) is 51.0 Å². The van der Waals surface area contributed by atoms with Gasteiger partial charge in [0.05, 0.1) is 5.56 Å². The van der Waals surface area contributed by atoms with E-state index in [9.17, 15) is 0 Å². The Labute approximate surface area is 231 Å². The van der Waals surface area contributed by atoms with E-state index in [1.165, 1.54) is 34.9 Å². The summed E-state index contributed by atoms with van der Waals surface area (Å²) in [6.45, 7) is 16.4. The first-order chi connectivity index (χ1) is 18.5. The molecule has 0 nitrogen and oxygen atoms in total. The lowest BCUT2D eigenvalue weighted by Gasteiger charge is -2.19. The molecule has 0 amide bonds. The molecule has 0 aliphatic heterocycles. The fourth-order valence-electron chi connectivity index (χ4n) is 5.99. The largest absolute Gasteiger partial charge is 0.206 e. The molecule has 0 atom stereocenters. The molecule has 0 aliphatic carbocycles. The lowest BCUT2D eigenvalue weighted by atomic mass is 9.87. The fraction of sp³-hybridized carbons (Fsp3) is 0.333. The highest BCUT2D eigenvalue weighted by Gasteiger charge is 2.20. The molecular formula is C36H39F3. The third-order valence-corrected chi connectivity index (χ3v) is 8.42. The molecule has 0 aliphatic rings. The van der Waals surface area contributed by atoms with Crippen molar-refractivity contribution in [2.75, 3.05) is 0 Å². The summed E-state index contributed by atoms with van der Waals surface area (Å²) in [4.78, 5) is 0. The van der Waals surface area contributed by atoms with Gasteiger partial charge >= 0.3 is 0 Å². The van der Waals surface area contributed by atoms with Gasteiger partial charge in [-0.3, -0.25) is 0 Å². The number of aryl methyl sites for hydroxylation is 2. The molecule has 4 rings (SSSR count). The summed E-state index contributed by atoms with van der Waals surface area (Å²) in [5.74, 6) is -1.70. The second kappa shape index (κ2) is 11.4. The van der Waals surface area contributed by atoms with Crippen molar-refractivity contribution in [1.82, 2.24) is 0 Å². The van der Waals surface area contributed by atoms with E-state index in [1.54, 1.807) is 12.1 Å². The van der Waals surface area contributed by atoms with E-state index in [2.05, 4.69) is 33.8 Å². The van der Waals surface area contributed by atoms with Crippen molar-refractivity contribution >= 4 is 0 Å². The Kier molecular flexibility index (Phi) is 8.39. The van der Waals surface area contributed by atoms with Crippen LogP contribution < -0.4 is 0 Å². The maximum atomic E-state index is 15.5. The van der Waals surface area contributed by atoms with Gasteiger partial charge in [0.25, 0.3) is 0 Å². The van der Waals surface area contributed by atoms with Crippen LogP contribution >= 0.6 is 0 Å². The molecule has 3 heteroatoms. The maximum absolute atomic E-state index is 15.5. The predicted octanol–water partition coefficient (Wildman–Crippen LogP) is 10.9. The first kappa shape index (κ1) is 28.7. The lowest BCUT2D eigenvalue weighted by molar-refractivity contribution is 0.590. The summed E-state index contributed by atoms with van der Waals surface area (Å²) in [7, 11) is 0. The summed E-state index contributed by atoms with van der Waals surface area (Å²) in [5.41, 5.74) is 11.6. The predicted molar refractivity (Wildman–Crippen MR) is 159 cm³/mol. The molecule has 0 spiro atoms. The van der Waals surface area contributed by atoms with Crippen LogP contribution in [-0.2, 0) is 12.8 Å². The van der Waals surface area contributed by atoms with Crippen molar-refractivity contribution in [3.05, 3.63) is 104 Å². The van der Waals surface area contributed by atoms with Gasteiger partial charge in [-0.05, 0) is 139 Å². The number of hydrogen-bond donors (Lipinski definition) is 0. The van der Waals surface area contributed by atoms with Gasteiger partial charge in [0.1, 0.15) is 17.5 Å². The molecule has 0 radical (unpaired) electrons. The zero-order valence-electron chi connectivity index (χ0n) is 24.5. The zero-order valence-corrected chi connectivity index (χ0v) is 24.5. The van der Waals surface area contributed by atoms with E-state index in [-0.39, 0.29) is 5.56 Å². The Morgan fingerprint density at radius 2 is 0.949 bits per heavy atom. The number of halogens is 3. The standard InChI is InChI=1S/C36H39F3/c1-9-11-28-20(3)15-31(24(7)22(28)5)30-14-13-26(17-33(30)37)27-18-34(38)36(35(39)19-27)32-16-21(4)29(12-10-2)23(6)25(32)8/h13-19H,9-12H2,1-8H3. The first-order valence-electron chi connectivity index (χ1n) is 14.0. The van der Waals surface area contributed by atoms with Crippen LogP contribution in [0.25, 0.3) is 33.4 Å².